The summed E-state index contributed by atoms with van der Waals surface area (Å²) in [5.41, 5.74) is -2.07. The Hall–Kier alpha value is -3.81. The molecular weight excluding hydrogens is 540 g/mol. The van der Waals surface area contributed by atoms with E-state index in [4.69, 9.17) is 0 Å². The number of halogens is 6. The Labute approximate surface area is 213 Å². The molecule has 0 unspecified atom stereocenters. The van der Waals surface area contributed by atoms with Gasteiger partial charge in [-0.1, -0.05) is 18.2 Å². The number of carbonyl (C=O) groups is 1. The zero-order valence-corrected chi connectivity index (χ0v) is 20.5. The molecule has 0 radical (unpaired) electrons. The molecule has 0 amide bonds. The van der Waals surface area contributed by atoms with Crippen LogP contribution in [-0.4, -0.2) is 26.1 Å². The fraction of sp³-hybridized carbons (Fsp3) is 0.250. The highest BCUT2D eigenvalue weighted by atomic mass is 32.2. The smallest absolute Gasteiger partial charge is 0.406 e. The minimum absolute atomic E-state index is 0.0215. The molecular formula is C24H19F6N3O4S. The number of hydrogen-bond acceptors (Lipinski definition) is 6. The molecule has 0 atom stereocenters. The van der Waals surface area contributed by atoms with Crippen molar-refractivity contribution in [2.75, 3.05) is 9.62 Å². The number of pyridine rings is 1. The van der Waals surface area contributed by atoms with Gasteiger partial charge in [0.1, 0.15) is 23.5 Å². The molecule has 0 saturated heterocycles. The van der Waals surface area contributed by atoms with Crippen molar-refractivity contribution >= 4 is 33.5 Å². The van der Waals surface area contributed by atoms with E-state index in [1.807, 2.05) is 0 Å². The standard InChI is InChI=1S/C24H19F6N3O4S/c1-22(2,13-34)17-4-3-5-18-20(17)33(12-14-6-11-19(23(25,26)27)32-21(14)31-18)38(35,36)16-9-7-15(8-10-16)37-24(28,29)30/h3-11,13H,12H2,1-2H3,(H,31,32). The molecule has 202 valence electrons. The van der Waals surface area contributed by atoms with E-state index in [2.05, 4.69) is 15.0 Å². The van der Waals surface area contributed by atoms with Gasteiger partial charge < -0.3 is 14.8 Å². The monoisotopic (exact) mass is 559 g/mol. The molecule has 0 fully saturated rings. The average Bonchev–Trinajstić information content (AvgIpc) is 2.99. The van der Waals surface area contributed by atoms with Crippen molar-refractivity contribution < 1.29 is 44.3 Å². The van der Waals surface area contributed by atoms with Gasteiger partial charge in [0.15, 0.2) is 0 Å². The van der Waals surface area contributed by atoms with Gasteiger partial charge in [-0.3, -0.25) is 4.31 Å². The minimum atomic E-state index is -4.99. The van der Waals surface area contributed by atoms with Crippen molar-refractivity contribution in [1.29, 1.82) is 0 Å². The van der Waals surface area contributed by atoms with E-state index in [1.54, 1.807) is 0 Å². The van der Waals surface area contributed by atoms with Gasteiger partial charge in [-0.05, 0) is 55.8 Å². The lowest BCUT2D eigenvalue weighted by Gasteiger charge is -2.30. The van der Waals surface area contributed by atoms with E-state index in [0.717, 1.165) is 34.6 Å². The summed E-state index contributed by atoms with van der Waals surface area (Å²) in [6.45, 7) is 2.57. The highest BCUT2D eigenvalue weighted by Crippen LogP contribution is 2.44. The number of rotatable bonds is 5. The van der Waals surface area contributed by atoms with Crippen molar-refractivity contribution in [3.05, 3.63) is 71.4 Å². The molecule has 1 N–H and O–H groups in total. The van der Waals surface area contributed by atoms with Crippen LogP contribution in [0, 0.1) is 0 Å². The molecule has 1 aliphatic heterocycles. The number of hydrogen-bond donors (Lipinski definition) is 1. The number of fused-ring (bicyclic) bond motifs is 2. The summed E-state index contributed by atoms with van der Waals surface area (Å²) in [6.07, 6.45) is -9.16. The van der Waals surface area contributed by atoms with Crippen LogP contribution in [0.4, 0.5) is 43.5 Å². The Morgan fingerprint density at radius 3 is 2.21 bits per heavy atom. The van der Waals surface area contributed by atoms with Crippen molar-refractivity contribution in [2.45, 2.75) is 43.2 Å². The average molecular weight is 559 g/mol. The van der Waals surface area contributed by atoms with Crippen LogP contribution >= 0.6 is 0 Å². The number of nitrogens with zero attached hydrogens (tertiary/aromatic N) is 2. The summed E-state index contributed by atoms with van der Waals surface area (Å²) in [7, 11) is -4.54. The lowest BCUT2D eigenvalue weighted by Crippen LogP contribution is -2.33. The maximum absolute atomic E-state index is 13.8. The second kappa shape index (κ2) is 9.19. The molecule has 0 spiro atoms. The van der Waals surface area contributed by atoms with Crippen LogP contribution in [0.2, 0.25) is 0 Å². The molecule has 0 bridgehead atoms. The number of aldehydes is 1. The Balaban J connectivity index is 1.91. The molecule has 1 aliphatic rings. The van der Waals surface area contributed by atoms with Crippen LogP contribution in [0.1, 0.15) is 30.7 Å². The van der Waals surface area contributed by atoms with Gasteiger partial charge in [0.2, 0.25) is 0 Å². The normalized spacial score (nSPS) is 14.2. The van der Waals surface area contributed by atoms with E-state index in [9.17, 15) is 39.6 Å². The maximum atomic E-state index is 13.8. The number of alkyl halides is 6. The van der Waals surface area contributed by atoms with Gasteiger partial charge in [0.25, 0.3) is 10.0 Å². The molecule has 0 saturated carbocycles. The number of anilines is 3. The van der Waals surface area contributed by atoms with E-state index < -0.39 is 50.9 Å². The third-order valence-electron chi connectivity index (χ3n) is 5.76. The number of para-hydroxylation sites is 1. The highest BCUT2D eigenvalue weighted by Gasteiger charge is 2.38. The van der Waals surface area contributed by atoms with Gasteiger partial charge in [-0.2, -0.15) is 13.2 Å². The summed E-state index contributed by atoms with van der Waals surface area (Å²) < 4.78 is 110. The fourth-order valence-corrected chi connectivity index (χ4v) is 5.37. The second-order valence-corrected chi connectivity index (χ2v) is 10.8. The van der Waals surface area contributed by atoms with Crippen LogP contribution in [0.25, 0.3) is 0 Å². The Morgan fingerprint density at radius 1 is 0.974 bits per heavy atom. The Morgan fingerprint density at radius 2 is 1.63 bits per heavy atom. The summed E-state index contributed by atoms with van der Waals surface area (Å²) in [5, 5.41) is 2.76. The molecule has 2 heterocycles. The first-order valence-corrected chi connectivity index (χ1v) is 12.3. The lowest BCUT2D eigenvalue weighted by atomic mass is 9.84. The molecule has 2 aromatic carbocycles. The third kappa shape index (κ3) is 5.26. The van der Waals surface area contributed by atoms with E-state index >= 15 is 0 Å². The lowest BCUT2D eigenvalue weighted by molar-refractivity contribution is -0.274. The van der Waals surface area contributed by atoms with Crippen molar-refractivity contribution in [2.24, 2.45) is 0 Å². The Bertz CT molecular complexity index is 1490. The molecule has 3 aromatic rings. The first-order chi connectivity index (χ1) is 17.5. The van der Waals surface area contributed by atoms with Crippen LogP contribution in [0.5, 0.6) is 5.75 Å². The van der Waals surface area contributed by atoms with Crippen molar-refractivity contribution in [1.82, 2.24) is 4.98 Å². The number of nitrogens with one attached hydrogen (secondary N) is 1. The van der Waals surface area contributed by atoms with E-state index in [-0.39, 0.29) is 28.3 Å². The molecule has 7 nitrogen and oxygen atoms in total. The zero-order valence-electron chi connectivity index (χ0n) is 19.7. The van der Waals surface area contributed by atoms with Crippen LogP contribution in [0.3, 0.4) is 0 Å². The third-order valence-corrected chi connectivity index (χ3v) is 7.52. The zero-order chi connectivity index (χ0) is 28.1. The molecule has 1 aromatic heterocycles. The minimum Gasteiger partial charge on any atom is -0.406 e. The van der Waals surface area contributed by atoms with Gasteiger partial charge >= 0.3 is 12.5 Å². The van der Waals surface area contributed by atoms with E-state index in [0.29, 0.717) is 12.4 Å². The van der Waals surface area contributed by atoms with Gasteiger partial charge in [0, 0.05) is 11.0 Å². The number of sulfonamides is 1. The second-order valence-electron chi connectivity index (χ2n) is 8.90. The molecule has 0 aliphatic carbocycles. The van der Waals surface area contributed by atoms with Crippen LogP contribution in [0.15, 0.2) is 59.5 Å². The number of carbonyl (C=O) groups excluding carboxylic acids is 1. The maximum Gasteiger partial charge on any atom is 0.573 e. The first kappa shape index (κ1) is 27.2. The van der Waals surface area contributed by atoms with Gasteiger partial charge in [0.05, 0.1) is 22.8 Å². The summed E-state index contributed by atoms with van der Waals surface area (Å²) in [6, 6.07) is 9.67. The summed E-state index contributed by atoms with van der Waals surface area (Å²) in [5.74, 6) is -0.889. The number of aromatic nitrogens is 1. The predicted octanol–water partition coefficient (Wildman–Crippen LogP) is 5.93. The number of ether oxygens (including phenoxy) is 1. The quantitative estimate of drug-likeness (QED) is 0.308. The summed E-state index contributed by atoms with van der Waals surface area (Å²) in [4.78, 5) is 15.1. The van der Waals surface area contributed by atoms with Crippen LogP contribution in [-0.2, 0) is 33.0 Å². The largest absolute Gasteiger partial charge is 0.573 e. The van der Waals surface area contributed by atoms with Crippen LogP contribution < -0.4 is 14.4 Å². The van der Waals surface area contributed by atoms with Crippen molar-refractivity contribution in [3.8, 4) is 5.75 Å². The van der Waals surface area contributed by atoms with Gasteiger partial charge in [-0.25, -0.2) is 13.4 Å². The SMILES string of the molecule is CC(C)(C=O)c1cccc2c1N(S(=O)(=O)c1ccc(OC(F)(F)F)cc1)Cc1ccc(C(F)(F)F)nc1N2. The topological polar surface area (TPSA) is 88.6 Å². The molecule has 4 rings (SSSR count). The predicted molar refractivity (Wildman–Crippen MR) is 125 cm³/mol. The Kier molecular flexibility index (Phi) is 6.58. The van der Waals surface area contributed by atoms with Gasteiger partial charge in [-0.15, -0.1) is 13.2 Å². The summed E-state index contributed by atoms with van der Waals surface area (Å²) >= 11 is 0. The number of benzene rings is 2. The highest BCUT2D eigenvalue weighted by molar-refractivity contribution is 7.92. The first-order valence-electron chi connectivity index (χ1n) is 10.9. The molecule has 14 heteroatoms. The fourth-order valence-electron chi connectivity index (χ4n) is 3.89. The van der Waals surface area contributed by atoms with Crippen molar-refractivity contribution in [3.63, 3.8) is 0 Å². The van der Waals surface area contributed by atoms with E-state index in [1.165, 1.54) is 32.0 Å². The molecule has 38 heavy (non-hydrogen) atoms.